The zero-order valence-electron chi connectivity index (χ0n) is 14.4. The highest BCUT2D eigenvalue weighted by atomic mass is 35.5. The first-order valence-corrected chi connectivity index (χ1v) is 8.85. The number of hydrogen-bond acceptors (Lipinski definition) is 4. The van der Waals surface area contributed by atoms with Crippen LogP contribution in [0.5, 0.6) is 0 Å². The molecule has 5 nitrogen and oxygen atoms in total. The van der Waals surface area contributed by atoms with Crippen LogP contribution in [-0.4, -0.2) is 17.4 Å². The number of nitrogens with zero attached hydrogens (tertiary/aromatic N) is 2. The molecule has 2 aliphatic heterocycles. The molecule has 2 aliphatic rings. The topological polar surface area (TPSA) is 79.4 Å². The van der Waals surface area contributed by atoms with Crippen molar-refractivity contribution < 1.29 is 9.53 Å². The Bertz CT molecular complexity index is 1000. The summed E-state index contributed by atoms with van der Waals surface area (Å²) >= 11 is 6.00. The second-order valence-electron chi connectivity index (χ2n) is 6.48. The summed E-state index contributed by atoms with van der Waals surface area (Å²) in [7, 11) is 0. The van der Waals surface area contributed by atoms with Gasteiger partial charge in [-0.2, -0.15) is 5.26 Å². The molecule has 2 N–H and O–H groups in total. The van der Waals surface area contributed by atoms with Crippen LogP contribution in [0, 0.1) is 11.3 Å². The Morgan fingerprint density at radius 3 is 2.56 bits per heavy atom. The van der Waals surface area contributed by atoms with Crippen LogP contribution in [0.15, 0.2) is 77.4 Å². The normalized spacial score (nSPS) is 19.0. The predicted molar refractivity (Wildman–Crippen MR) is 101 cm³/mol. The Morgan fingerprint density at radius 2 is 1.89 bits per heavy atom. The van der Waals surface area contributed by atoms with E-state index in [1.807, 2.05) is 42.5 Å². The SMILES string of the molecule is N#CC1=C(N)OC2=C(CN(Cc3ccccc3)C2=O)C1c1ccc(Cl)cc1. The Morgan fingerprint density at radius 1 is 1.19 bits per heavy atom. The fraction of sp³-hybridized carbons (Fsp3) is 0.143. The smallest absolute Gasteiger partial charge is 0.290 e. The van der Waals surface area contributed by atoms with Crippen LogP contribution in [0.25, 0.3) is 0 Å². The van der Waals surface area contributed by atoms with Crippen LogP contribution in [-0.2, 0) is 16.1 Å². The fourth-order valence-corrected chi connectivity index (χ4v) is 3.64. The van der Waals surface area contributed by atoms with Gasteiger partial charge >= 0.3 is 0 Å². The van der Waals surface area contributed by atoms with Crippen molar-refractivity contribution in [1.82, 2.24) is 4.90 Å². The van der Waals surface area contributed by atoms with Crippen LogP contribution >= 0.6 is 11.6 Å². The first-order valence-electron chi connectivity index (χ1n) is 8.47. The summed E-state index contributed by atoms with van der Waals surface area (Å²) < 4.78 is 5.57. The number of halogens is 1. The molecule has 0 aromatic heterocycles. The van der Waals surface area contributed by atoms with Crippen LogP contribution in [0.1, 0.15) is 17.0 Å². The number of ether oxygens (including phenoxy) is 1. The second-order valence-corrected chi connectivity index (χ2v) is 6.91. The lowest BCUT2D eigenvalue weighted by Crippen LogP contribution is -2.27. The van der Waals surface area contributed by atoms with Gasteiger partial charge in [0.15, 0.2) is 5.76 Å². The summed E-state index contributed by atoms with van der Waals surface area (Å²) in [6.45, 7) is 0.847. The molecular formula is C21H16ClN3O2. The number of carbonyl (C=O) groups is 1. The largest absolute Gasteiger partial charge is 0.435 e. The number of allylic oxidation sites excluding steroid dienone is 1. The molecule has 2 aromatic carbocycles. The van der Waals surface area contributed by atoms with Gasteiger partial charge in [-0.1, -0.05) is 54.1 Å². The number of nitrogens with two attached hydrogens (primary N) is 1. The monoisotopic (exact) mass is 377 g/mol. The fourth-order valence-electron chi connectivity index (χ4n) is 3.52. The first kappa shape index (κ1) is 17.2. The summed E-state index contributed by atoms with van der Waals surface area (Å²) in [4.78, 5) is 14.6. The van der Waals surface area contributed by atoms with Gasteiger partial charge in [0.2, 0.25) is 5.88 Å². The lowest BCUT2D eigenvalue weighted by molar-refractivity contribution is -0.128. The highest BCUT2D eigenvalue weighted by Crippen LogP contribution is 2.43. The molecule has 0 fully saturated rings. The van der Waals surface area contributed by atoms with Gasteiger partial charge in [0.25, 0.3) is 5.91 Å². The Labute approximate surface area is 161 Å². The maximum atomic E-state index is 12.9. The van der Waals surface area contributed by atoms with E-state index in [1.54, 1.807) is 17.0 Å². The van der Waals surface area contributed by atoms with Crippen molar-refractivity contribution in [3.63, 3.8) is 0 Å². The molecule has 4 rings (SSSR count). The third-order valence-corrected chi connectivity index (χ3v) is 5.04. The zero-order chi connectivity index (χ0) is 19.0. The molecule has 27 heavy (non-hydrogen) atoms. The van der Waals surface area contributed by atoms with E-state index >= 15 is 0 Å². The van der Waals surface area contributed by atoms with Crippen molar-refractivity contribution in [3.8, 4) is 6.07 Å². The van der Waals surface area contributed by atoms with E-state index in [0.29, 0.717) is 23.7 Å². The Balaban J connectivity index is 1.70. The second kappa shape index (κ2) is 6.82. The molecule has 2 heterocycles. The maximum absolute atomic E-state index is 12.9. The van der Waals surface area contributed by atoms with Gasteiger partial charge in [-0.15, -0.1) is 0 Å². The third kappa shape index (κ3) is 3.05. The van der Waals surface area contributed by atoms with E-state index in [1.165, 1.54) is 0 Å². The summed E-state index contributed by atoms with van der Waals surface area (Å²) in [5.74, 6) is -0.429. The number of nitriles is 1. The van der Waals surface area contributed by atoms with Crippen LogP contribution in [0.2, 0.25) is 5.02 Å². The van der Waals surface area contributed by atoms with Crippen molar-refractivity contribution >= 4 is 17.5 Å². The zero-order valence-corrected chi connectivity index (χ0v) is 15.1. The van der Waals surface area contributed by atoms with E-state index in [9.17, 15) is 10.1 Å². The molecule has 0 bridgehead atoms. The quantitative estimate of drug-likeness (QED) is 0.888. The van der Waals surface area contributed by atoms with E-state index in [2.05, 4.69) is 6.07 Å². The van der Waals surface area contributed by atoms with Crippen molar-refractivity contribution in [3.05, 3.63) is 93.5 Å². The molecule has 134 valence electrons. The minimum absolute atomic E-state index is 0.0221. The molecule has 0 saturated carbocycles. The average molecular weight is 378 g/mol. The molecule has 0 spiro atoms. The van der Waals surface area contributed by atoms with Gasteiger partial charge in [-0.05, 0) is 23.3 Å². The van der Waals surface area contributed by atoms with Crippen LogP contribution in [0.4, 0.5) is 0 Å². The van der Waals surface area contributed by atoms with E-state index in [-0.39, 0.29) is 17.5 Å². The summed E-state index contributed by atoms with van der Waals surface area (Å²) in [6.07, 6.45) is 0. The molecule has 0 radical (unpaired) electrons. The standard InChI is InChI=1S/C21H16ClN3O2/c22-15-8-6-14(7-9-15)18-16(10-23)20(24)27-19-17(18)12-25(21(19)26)11-13-4-2-1-3-5-13/h1-9,18H,11-12,24H2. The minimum Gasteiger partial charge on any atom is -0.435 e. The summed E-state index contributed by atoms with van der Waals surface area (Å²) in [6, 6.07) is 19.1. The highest BCUT2D eigenvalue weighted by molar-refractivity contribution is 6.30. The van der Waals surface area contributed by atoms with Crippen molar-refractivity contribution in [2.75, 3.05) is 6.54 Å². The van der Waals surface area contributed by atoms with Crippen molar-refractivity contribution in [2.24, 2.45) is 5.73 Å². The van der Waals surface area contributed by atoms with Gasteiger partial charge < -0.3 is 15.4 Å². The lowest BCUT2D eigenvalue weighted by atomic mass is 9.84. The predicted octanol–water partition coefficient (Wildman–Crippen LogP) is 3.44. The number of hydrogen-bond donors (Lipinski definition) is 1. The van der Waals surface area contributed by atoms with Crippen molar-refractivity contribution in [2.45, 2.75) is 12.5 Å². The molecular weight excluding hydrogens is 362 g/mol. The molecule has 6 heteroatoms. The van der Waals surface area contributed by atoms with Gasteiger partial charge in [0.05, 0.1) is 5.92 Å². The average Bonchev–Trinajstić information content (AvgIpc) is 2.98. The van der Waals surface area contributed by atoms with Gasteiger partial charge in [-0.3, -0.25) is 4.79 Å². The first-order chi connectivity index (χ1) is 13.1. The molecule has 2 aromatic rings. The molecule has 1 unspecified atom stereocenters. The third-order valence-electron chi connectivity index (χ3n) is 4.79. The Hall–Kier alpha value is -3.23. The van der Waals surface area contributed by atoms with Gasteiger partial charge in [0.1, 0.15) is 11.6 Å². The summed E-state index contributed by atoms with van der Waals surface area (Å²) in [5.41, 5.74) is 8.91. The number of carbonyl (C=O) groups excluding carboxylic acids is 1. The number of amides is 1. The van der Waals surface area contributed by atoms with Crippen molar-refractivity contribution in [1.29, 1.82) is 5.26 Å². The van der Waals surface area contributed by atoms with E-state index in [4.69, 9.17) is 22.1 Å². The van der Waals surface area contributed by atoms with Gasteiger partial charge in [0, 0.05) is 23.7 Å². The Kier molecular flexibility index (Phi) is 4.35. The van der Waals surface area contributed by atoms with Crippen LogP contribution < -0.4 is 5.73 Å². The molecule has 1 amide bonds. The van der Waals surface area contributed by atoms with Crippen LogP contribution in [0.3, 0.4) is 0 Å². The molecule has 1 atom stereocenters. The molecule has 0 saturated heterocycles. The number of benzene rings is 2. The van der Waals surface area contributed by atoms with E-state index < -0.39 is 5.92 Å². The molecule has 0 aliphatic carbocycles. The highest BCUT2D eigenvalue weighted by Gasteiger charge is 2.42. The maximum Gasteiger partial charge on any atom is 0.290 e. The number of rotatable bonds is 3. The summed E-state index contributed by atoms with van der Waals surface area (Å²) in [5, 5.41) is 10.2. The lowest BCUT2D eigenvalue weighted by Gasteiger charge is -2.24. The minimum atomic E-state index is -0.416. The van der Waals surface area contributed by atoms with E-state index in [0.717, 1.165) is 16.7 Å². The van der Waals surface area contributed by atoms with Gasteiger partial charge in [-0.25, -0.2) is 0 Å².